The van der Waals surface area contributed by atoms with Gasteiger partial charge in [-0.1, -0.05) is 6.92 Å². The Balaban J connectivity index is 2.04. The van der Waals surface area contributed by atoms with E-state index in [1.54, 1.807) is 25.7 Å². The first-order valence-corrected chi connectivity index (χ1v) is 4.32. The number of hydrogen-bond acceptors (Lipinski definition) is 0. The predicted octanol–water partition coefficient (Wildman–Crippen LogP) is 2.44. The van der Waals surface area contributed by atoms with Crippen molar-refractivity contribution in [3.63, 3.8) is 0 Å². The molecule has 3 rings (SSSR count). The average Bonchev–Trinajstić information content (AvgIpc) is 2.27. The Labute approximate surface area is 56.6 Å². The van der Waals surface area contributed by atoms with Gasteiger partial charge in [-0.15, -0.1) is 0 Å². The molecule has 0 aromatic carbocycles. The van der Waals surface area contributed by atoms with Crippen LogP contribution in [-0.4, -0.2) is 0 Å². The third-order valence-electron chi connectivity index (χ3n) is 4.34. The van der Waals surface area contributed by atoms with Gasteiger partial charge in [-0.25, -0.2) is 0 Å². The van der Waals surface area contributed by atoms with Crippen LogP contribution >= 0.6 is 0 Å². The Kier molecular flexibility index (Phi) is 0.574. The highest BCUT2D eigenvalue weighted by Crippen LogP contribution is 2.76. The summed E-state index contributed by atoms with van der Waals surface area (Å²) in [6.07, 6.45) is 6.28. The number of rotatable bonds is 0. The van der Waals surface area contributed by atoms with Gasteiger partial charge in [0.1, 0.15) is 0 Å². The van der Waals surface area contributed by atoms with Crippen LogP contribution in [0.1, 0.15) is 32.6 Å². The Morgan fingerprint density at radius 2 is 2.11 bits per heavy atom. The second kappa shape index (κ2) is 1.09. The summed E-state index contributed by atoms with van der Waals surface area (Å²) in [7, 11) is 0. The molecule has 0 spiro atoms. The number of hydrogen-bond donors (Lipinski definition) is 0. The maximum atomic E-state index is 2.52. The normalized spacial score (nSPS) is 68.3. The Hall–Kier alpha value is 0. The van der Waals surface area contributed by atoms with Crippen LogP contribution in [0.25, 0.3) is 0 Å². The van der Waals surface area contributed by atoms with Crippen molar-refractivity contribution in [1.29, 1.82) is 0 Å². The SMILES string of the molecule is CC12CC[C@H]3CC[C@@H]1[C@H]32. The molecule has 0 nitrogen and oxygen atoms in total. The third-order valence-corrected chi connectivity index (χ3v) is 4.34. The molecule has 3 aliphatic rings. The highest BCUT2D eigenvalue weighted by atomic mass is 14.7. The van der Waals surface area contributed by atoms with E-state index >= 15 is 0 Å². The molecule has 4 atom stereocenters. The fraction of sp³-hybridized carbons (Fsp3) is 1.00. The monoisotopic (exact) mass is 122 g/mol. The highest BCUT2D eigenvalue weighted by Gasteiger charge is 2.69. The van der Waals surface area contributed by atoms with Crippen molar-refractivity contribution in [1.82, 2.24) is 0 Å². The van der Waals surface area contributed by atoms with Crippen molar-refractivity contribution in [3.8, 4) is 0 Å². The van der Waals surface area contributed by atoms with Gasteiger partial charge in [0, 0.05) is 0 Å². The lowest BCUT2D eigenvalue weighted by Crippen LogP contribution is -1.95. The van der Waals surface area contributed by atoms with Crippen LogP contribution in [-0.2, 0) is 0 Å². The maximum absolute atomic E-state index is 2.52. The van der Waals surface area contributed by atoms with Crippen LogP contribution in [0.5, 0.6) is 0 Å². The topological polar surface area (TPSA) is 0 Å². The van der Waals surface area contributed by atoms with E-state index in [9.17, 15) is 0 Å². The fourth-order valence-electron chi connectivity index (χ4n) is 3.82. The van der Waals surface area contributed by atoms with Gasteiger partial charge >= 0.3 is 0 Å². The van der Waals surface area contributed by atoms with Gasteiger partial charge in [0.05, 0.1) is 0 Å². The zero-order valence-corrected chi connectivity index (χ0v) is 6.06. The molecule has 0 N–H and O–H groups in total. The molecule has 0 amide bonds. The van der Waals surface area contributed by atoms with Crippen molar-refractivity contribution in [2.45, 2.75) is 32.6 Å². The summed E-state index contributed by atoms with van der Waals surface area (Å²) in [4.78, 5) is 0. The van der Waals surface area contributed by atoms with Gasteiger partial charge in [0.2, 0.25) is 0 Å². The summed E-state index contributed by atoms with van der Waals surface area (Å²) in [5.74, 6) is 3.58. The van der Waals surface area contributed by atoms with Gasteiger partial charge in [-0.2, -0.15) is 0 Å². The van der Waals surface area contributed by atoms with Crippen molar-refractivity contribution in [2.75, 3.05) is 0 Å². The molecule has 1 unspecified atom stereocenters. The van der Waals surface area contributed by atoms with Crippen molar-refractivity contribution in [2.24, 2.45) is 23.2 Å². The Morgan fingerprint density at radius 3 is 2.67 bits per heavy atom. The minimum Gasteiger partial charge on any atom is -0.0591 e. The number of fused-ring (bicyclic) bond motifs is 1. The summed E-state index contributed by atoms with van der Waals surface area (Å²) >= 11 is 0. The van der Waals surface area contributed by atoms with Crippen LogP contribution in [0.2, 0.25) is 0 Å². The highest BCUT2D eigenvalue weighted by molar-refractivity contribution is 5.18. The molecule has 50 valence electrons. The summed E-state index contributed by atoms with van der Waals surface area (Å²) in [6.45, 7) is 2.52. The summed E-state index contributed by atoms with van der Waals surface area (Å²) < 4.78 is 0. The summed E-state index contributed by atoms with van der Waals surface area (Å²) in [6, 6.07) is 0. The molecule has 3 saturated carbocycles. The molecular weight excluding hydrogens is 108 g/mol. The van der Waals surface area contributed by atoms with Gasteiger partial charge < -0.3 is 0 Å². The molecule has 0 aromatic rings. The largest absolute Gasteiger partial charge is 0.0591 e. The quantitative estimate of drug-likeness (QED) is 0.463. The van der Waals surface area contributed by atoms with Gasteiger partial charge in [-0.05, 0) is 48.9 Å². The van der Waals surface area contributed by atoms with E-state index < -0.39 is 0 Å². The van der Waals surface area contributed by atoms with Crippen molar-refractivity contribution in [3.05, 3.63) is 0 Å². The van der Waals surface area contributed by atoms with Crippen LogP contribution in [0.15, 0.2) is 0 Å². The minimum absolute atomic E-state index is 0.878. The lowest BCUT2D eigenvalue weighted by atomic mass is 10.0. The molecule has 0 heteroatoms. The second-order valence-electron chi connectivity index (χ2n) is 4.51. The lowest BCUT2D eigenvalue weighted by Gasteiger charge is -2.04. The smallest absolute Gasteiger partial charge is 0.0261 e. The van der Waals surface area contributed by atoms with E-state index in [0.717, 1.165) is 5.41 Å². The first-order chi connectivity index (χ1) is 4.32. The van der Waals surface area contributed by atoms with E-state index in [1.807, 2.05) is 0 Å². The van der Waals surface area contributed by atoms with E-state index in [0.29, 0.717) is 0 Å². The van der Waals surface area contributed by atoms with E-state index in [4.69, 9.17) is 0 Å². The Morgan fingerprint density at radius 1 is 1.22 bits per heavy atom. The van der Waals surface area contributed by atoms with Crippen LogP contribution in [0.3, 0.4) is 0 Å². The zero-order valence-electron chi connectivity index (χ0n) is 6.06. The van der Waals surface area contributed by atoms with E-state index in [1.165, 1.54) is 17.8 Å². The van der Waals surface area contributed by atoms with Gasteiger partial charge in [-0.3, -0.25) is 0 Å². The van der Waals surface area contributed by atoms with E-state index in [2.05, 4.69) is 6.92 Å². The maximum Gasteiger partial charge on any atom is -0.0261 e. The molecule has 3 fully saturated rings. The predicted molar refractivity (Wildman–Crippen MR) is 37.0 cm³/mol. The zero-order chi connectivity index (χ0) is 6.06. The molecule has 0 aliphatic heterocycles. The molecule has 0 radical (unpaired) electrons. The molecule has 0 saturated heterocycles. The fourth-order valence-corrected chi connectivity index (χ4v) is 3.82. The summed E-state index contributed by atoms with van der Waals surface area (Å²) in [5.41, 5.74) is 0.878. The van der Waals surface area contributed by atoms with Crippen LogP contribution < -0.4 is 0 Å². The Bertz CT molecular complexity index is 157. The first kappa shape index (κ1) is 4.76. The van der Waals surface area contributed by atoms with Gasteiger partial charge in [0.15, 0.2) is 0 Å². The molecule has 0 heterocycles. The molecule has 3 aliphatic carbocycles. The minimum atomic E-state index is 0.878. The van der Waals surface area contributed by atoms with Crippen molar-refractivity contribution < 1.29 is 0 Å². The first-order valence-electron chi connectivity index (χ1n) is 4.32. The lowest BCUT2D eigenvalue weighted by molar-refractivity contribution is 0.459. The average molecular weight is 122 g/mol. The molecule has 0 bridgehead atoms. The third kappa shape index (κ3) is 0.342. The molecule has 0 aromatic heterocycles. The standard InChI is InChI=1S/C9H14/c1-9-5-4-6-2-3-7(9)8(6)9/h6-8H,2-5H2,1H3/t6-,7-,8+,9?/m1/s1. The molecular formula is C9H14. The van der Waals surface area contributed by atoms with Crippen LogP contribution in [0.4, 0.5) is 0 Å². The molecule has 9 heavy (non-hydrogen) atoms. The van der Waals surface area contributed by atoms with Gasteiger partial charge in [0.25, 0.3) is 0 Å². The van der Waals surface area contributed by atoms with Crippen LogP contribution in [0, 0.1) is 23.2 Å². The van der Waals surface area contributed by atoms with Crippen molar-refractivity contribution >= 4 is 0 Å². The summed E-state index contributed by atoms with van der Waals surface area (Å²) in [5, 5.41) is 0. The second-order valence-corrected chi connectivity index (χ2v) is 4.51. The van der Waals surface area contributed by atoms with E-state index in [-0.39, 0.29) is 0 Å².